The molecular formula is C22H23N7. The fourth-order valence-electron chi connectivity index (χ4n) is 3.34. The van der Waals surface area contributed by atoms with Gasteiger partial charge in [0.05, 0.1) is 17.8 Å². The van der Waals surface area contributed by atoms with E-state index in [9.17, 15) is 0 Å². The Bertz CT molecular complexity index is 985. The Hall–Kier alpha value is -3.66. The van der Waals surface area contributed by atoms with E-state index in [2.05, 4.69) is 55.8 Å². The zero-order valence-electron chi connectivity index (χ0n) is 16.3. The van der Waals surface area contributed by atoms with Crippen molar-refractivity contribution in [1.82, 2.24) is 15.2 Å². The molecule has 1 aliphatic rings. The van der Waals surface area contributed by atoms with Gasteiger partial charge in [-0.15, -0.1) is 5.10 Å². The fourth-order valence-corrected chi connectivity index (χ4v) is 3.34. The molecule has 2 N–H and O–H groups in total. The van der Waals surface area contributed by atoms with Gasteiger partial charge in [-0.2, -0.15) is 15.3 Å². The lowest BCUT2D eigenvalue weighted by Gasteiger charge is -2.32. The van der Waals surface area contributed by atoms with Crippen LogP contribution in [0.5, 0.6) is 0 Å². The number of nitrogens with zero attached hydrogens (tertiary/aromatic N) is 5. The van der Waals surface area contributed by atoms with Crippen LogP contribution in [0.15, 0.2) is 54.7 Å². The van der Waals surface area contributed by atoms with Crippen LogP contribution < -0.4 is 15.5 Å². The smallest absolute Gasteiger partial charge is 0.249 e. The molecule has 29 heavy (non-hydrogen) atoms. The number of hydrogen-bond acceptors (Lipinski definition) is 7. The van der Waals surface area contributed by atoms with Crippen molar-refractivity contribution in [2.45, 2.75) is 19.8 Å². The van der Waals surface area contributed by atoms with Crippen molar-refractivity contribution in [3.05, 3.63) is 60.3 Å². The SMILES string of the molecule is CC1CCN(c2ccc(Nc3nncc(Nc4ccc(C#N)cc4)n3)cc2)CC1. The van der Waals surface area contributed by atoms with E-state index in [1.165, 1.54) is 18.5 Å². The second-order valence-electron chi connectivity index (χ2n) is 7.32. The van der Waals surface area contributed by atoms with Crippen molar-refractivity contribution in [3.63, 3.8) is 0 Å². The van der Waals surface area contributed by atoms with Crippen LogP contribution in [0.1, 0.15) is 25.3 Å². The lowest BCUT2D eigenvalue weighted by molar-refractivity contribution is 0.438. The topological polar surface area (TPSA) is 89.8 Å². The molecule has 0 saturated carbocycles. The van der Waals surface area contributed by atoms with Gasteiger partial charge in [0.1, 0.15) is 0 Å². The highest BCUT2D eigenvalue weighted by Crippen LogP contribution is 2.25. The summed E-state index contributed by atoms with van der Waals surface area (Å²) in [7, 11) is 0. The largest absolute Gasteiger partial charge is 0.372 e. The first-order chi connectivity index (χ1) is 14.2. The van der Waals surface area contributed by atoms with Gasteiger partial charge in [0.15, 0.2) is 5.82 Å². The molecule has 1 aromatic heterocycles. The minimum Gasteiger partial charge on any atom is -0.372 e. The minimum atomic E-state index is 0.420. The maximum absolute atomic E-state index is 8.88. The third-order valence-corrected chi connectivity index (χ3v) is 5.12. The number of piperidine rings is 1. The van der Waals surface area contributed by atoms with Gasteiger partial charge in [0.2, 0.25) is 5.95 Å². The molecule has 0 atom stereocenters. The average Bonchev–Trinajstić information content (AvgIpc) is 2.76. The van der Waals surface area contributed by atoms with Crippen molar-refractivity contribution < 1.29 is 0 Å². The summed E-state index contributed by atoms with van der Waals surface area (Å²) in [5.41, 5.74) is 3.60. The monoisotopic (exact) mass is 385 g/mol. The molecular weight excluding hydrogens is 362 g/mol. The molecule has 0 unspecified atom stereocenters. The standard InChI is InChI=1S/C22H23N7/c1-16-10-12-29(13-11-16)20-8-6-19(7-9-20)26-22-27-21(15-24-28-22)25-18-4-2-17(14-23)3-5-18/h2-9,15-16H,10-13H2,1H3,(H2,25,26,27,28). The van der Waals surface area contributed by atoms with Crippen LogP contribution in [0.3, 0.4) is 0 Å². The normalized spacial score (nSPS) is 14.3. The Morgan fingerprint density at radius 2 is 1.62 bits per heavy atom. The summed E-state index contributed by atoms with van der Waals surface area (Å²) in [6.07, 6.45) is 4.06. The Kier molecular flexibility index (Phi) is 5.52. The van der Waals surface area contributed by atoms with Crippen LogP contribution in [-0.4, -0.2) is 28.3 Å². The quantitative estimate of drug-likeness (QED) is 0.670. The second-order valence-corrected chi connectivity index (χ2v) is 7.32. The average molecular weight is 385 g/mol. The first-order valence-corrected chi connectivity index (χ1v) is 9.78. The van der Waals surface area contributed by atoms with Crippen molar-refractivity contribution in [1.29, 1.82) is 5.26 Å². The molecule has 1 fully saturated rings. The summed E-state index contributed by atoms with van der Waals surface area (Å²) in [6, 6.07) is 17.6. The predicted octanol–water partition coefficient (Wildman–Crippen LogP) is 4.47. The van der Waals surface area contributed by atoms with Crippen LogP contribution in [0.4, 0.5) is 28.8 Å². The van der Waals surface area contributed by atoms with Gasteiger partial charge in [0, 0.05) is 30.2 Å². The highest BCUT2D eigenvalue weighted by atomic mass is 15.3. The third kappa shape index (κ3) is 4.79. The minimum absolute atomic E-state index is 0.420. The van der Waals surface area contributed by atoms with Gasteiger partial charge in [-0.1, -0.05) is 6.92 Å². The highest BCUT2D eigenvalue weighted by molar-refractivity contribution is 5.61. The molecule has 2 heterocycles. The maximum Gasteiger partial charge on any atom is 0.249 e. The summed E-state index contributed by atoms with van der Waals surface area (Å²) in [6.45, 7) is 4.55. The van der Waals surface area contributed by atoms with Crippen LogP contribution in [0, 0.1) is 17.2 Å². The molecule has 4 rings (SSSR count). The molecule has 1 aliphatic heterocycles. The molecule has 0 radical (unpaired) electrons. The van der Waals surface area contributed by atoms with Crippen molar-refractivity contribution in [3.8, 4) is 6.07 Å². The predicted molar refractivity (Wildman–Crippen MR) is 115 cm³/mol. The highest BCUT2D eigenvalue weighted by Gasteiger charge is 2.15. The van der Waals surface area contributed by atoms with E-state index in [1.807, 2.05) is 24.3 Å². The molecule has 1 saturated heterocycles. The van der Waals surface area contributed by atoms with Crippen LogP contribution in [-0.2, 0) is 0 Å². The first kappa shape index (κ1) is 18.7. The lowest BCUT2D eigenvalue weighted by Crippen LogP contribution is -2.32. The molecule has 2 aromatic carbocycles. The van der Waals surface area contributed by atoms with Gasteiger partial charge in [0.25, 0.3) is 0 Å². The molecule has 0 amide bonds. The van der Waals surface area contributed by atoms with Crippen molar-refractivity contribution >= 4 is 28.8 Å². The van der Waals surface area contributed by atoms with E-state index in [-0.39, 0.29) is 0 Å². The number of aromatic nitrogens is 3. The lowest BCUT2D eigenvalue weighted by atomic mass is 9.99. The molecule has 0 bridgehead atoms. The zero-order valence-corrected chi connectivity index (χ0v) is 16.3. The van der Waals surface area contributed by atoms with Crippen LogP contribution in [0.2, 0.25) is 0 Å². The molecule has 0 aliphatic carbocycles. The number of nitrogens with one attached hydrogen (secondary N) is 2. The van der Waals surface area contributed by atoms with Crippen LogP contribution in [0.25, 0.3) is 0 Å². The van der Waals surface area contributed by atoms with Crippen LogP contribution >= 0.6 is 0 Å². The Labute approximate surface area is 170 Å². The van der Waals surface area contributed by atoms with Gasteiger partial charge in [-0.25, -0.2) is 0 Å². The van der Waals surface area contributed by atoms with E-state index in [4.69, 9.17) is 5.26 Å². The number of hydrogen-bond donors (Lipinski definition) is 2. The van der Waals surface area contributed by atoms with Gasteiger partial charge >= 0.3 is 0 Å². The molecule has 7 heteroatoms. The van der Waals surface area contributed by atoms with Gasteiger partial charge < -0.3 is 15.5 Å². The summed E-state index contributed by atoms with van der Waals surface area (Å²) < 4.78 is 0. The van der Waals surface area contributed by atoms with E-state index >= 15 is 0 Å². The Morgan fingerprint density at radius 3 is 2.31 bits per heavy atom. The first-order valence-electron chi connectivity index (χ1n) is 9.78. The van der Waals surface area contributed by atoms with Crippen molar-refractivity contribution in [2.75, 3.05) is 28.6 Å². The second kappa shape index (κ2) is 8.57. The number of rotatable bonds is 5. The third-order valence-electron chi connectivity index (χ3n) is 5.12. The van der Waals surface area contributed by atoms with E-state index in [0.717, 1.165) is 30.4 Å². The van der Waals surface area contributed by atoms with Crippen molar-refractivity contribution in [2.24, 2.45) is 5.92 Å². The van der Waals surface area contributed by atoms with E-state index in [0.29, 0.717) is 17.3 Å². The Balaban J connectivity index is 1.40. The summed E-state index contributed by atoms with van der Waals surface area (Å²) in [5, 5.41) is 23.3. The zero-order chi connectivity index (χ0) is 20.1. The molecule has 0 spiro atoms. The van der Waals surface area contributed by atoms with E-state index < -0.39 is 0 Å². The molecule has 146 valence electrons. The number of benzene rings is 2. The molecule has 3 aromatic rings. The molecule has 7 nitrogen and oxygen atoms in total. The van der Waals surface area contributed by atoms with Gasteiger partial charge in [-0.05, 0) is 67.3 Å². The fraction of sp³-hybridized carbons (Fsp3) is 0.273. The van der Waals surface area contributed by atoms with Gasteiger partial charge in [-0.3, -0.25) is 0 Å². The Morgan fingerprint density at radius 1 is 0.966 bits per heavy atom. The number of nitriles is 1. The summed E-state index contributed by atoms with van der Waals surface area (Å²) in [5.74, 6) is 1.82. The summed E-state index contributed by atoms with van der Waals surface area (Å²) in [4.78, 5) is 6.89. The van der Waals surface area contributed by atoms with E-state index in [1.54, 1.807) is 18.3 Å². The maximum atomic E-state index is 8.88. The summed E-state index contributed by atoms with van der Waals surface area (Å²) >= 11 is 0. The number of anilines is 5.